The Morgan fingerprint density at radius 2 is 1.52 bits per heavy atom. The van der Waals surface area contributed by atoms with E-state index in [2.05, 4.69) is 24.5 Å². The zero-order valence-electron chi connectivity index (χ0n) is 25.7. The van der Waals surface area contributed by atoms with Gasteiger partial charge in [-0.15, -0.1) is 0 Å². The number of carbonyl (C=O) groups is 3. The Bertz CT molecular complexity index is 972. The van der Waals surface area contributed by atoms with Gasteiger partial charge in [0.25, 0.3) is 0 Å². The van der Waals surface area contributed by atoms with Crippen molar-refractivity contribution in [3.8, 4) is 0 Å². The van der Waals surface area contributed by atoms with Crippen LogP contribution in [0.4, 0.5) is 10.5 Å². The highest BCUT2D eigenvalue weighted by Gasteiger charge is 2.36. The molecule has 0 saturated carbocycles. The third kappa shape index (κ3) is 11.3. The summed E-state index contributed by atoms with van der Waals surface area (Å²) in [6, 6.07) is 6.48. The second-order valence-electron chi connectivity index (χ2n) is 11.3. The molecule has 2 rings (SSSR count). The SMILES string of the molecule is CCCCCCCCCCCCCC(=O)Nc1cccc(C2NC(=O)N(CCCC)C(C)=C2C(=O)OC(C)C)c1. The number of hydrogen-bond acceptors (Lipinski definition) is 4. The number of amides is 3. The molecule has 0 fully saturated rings. The number of carbonyl (C=O) groups excluding carboxylic acids is 3. The molecule has 1 atom stereocenters. The van der Waals surface area contributed by atoms with Gasteiger partial charge in [0.1, 0.15) is 0 Å². The molecule has 0 aromatic heterocycles. The smallest absolute Gasteiger partial charge is 0.338 e. The van der Waals surface area contributed by atoms with E-state index in [0.29, 0.717) is 29.9 Å². The molecule has 1 aliphatic rings. The van der Waals surface area contributed by atoms with Crippen molar-refractivity contribution < 1.29 is 19.1 Å². The molecule has 0 aliphatic carbocycles. The number of esters is 1. The largest absolute Gasteiger partial charge is 0.459 e. The summed E-state index contributed by atoms with van der Waals surface area (Å²) in [5.74, 6) is -0.456. The number of urea groups is 1. The minimum Gasteiger partial charge on any atom is -0.459 e. The molecule has 7 nitrogen and oxygen atoms in total. The molecular formula is C33H53N3O4. The van der Waals surface area contributed by atoms with Crippen LogP contribution in [-0.4, -0.2) is 35.5 Å². The third-order valence-corrected chi connectivity index (χ3v) is 7.41. The van der Waals surface area contributed by atoms with E-state index >= 15 is 0 Å². The number of ether oxygens (including phenoxy) is 1. The van der Waals surface area contributed by atoms with Crippen LogP contribution in [0.5, 0.6) is 0 Å². The number of rotatable bonds is 19. The Balaban J connectivity index is 1.94. The molecule has 3 amide bonds. The first-order valence-corrected chi connectivity index (χ1v) is 15.7. The van der Waals surface area contributed by atoms with E-state index < -0.39 is 12.0 Å². The van der Waals surface area contributed by atoms with Crippen molar-refractivity contribution >= 4 is 23.6 Å². The van der Waals surface area contributed by atoms with Gasteiger partial charge in [-0.1, -0.05) is 96.6 Å². The number of allylic oxidation sites excluding steroid dienone is 1. The van der Waals surface area contributed by atoms with E-state index in [0.717, 1.165) is 31.2 Å². The predicted molar refractivity (Wildman–Crippen MR) is 163 cm³/mol. The molecule has 1 aromatic rings. The van der Waals surface area contributed by atoms with Crippen LogP contribution in [0.15, 0.2) is 35.5 Å². The fraction of sp³-hybridized carbons (Fsp3) is 0.667. The second-order valence-corrected chi connectivity index (χ2v) is 11.3. The molecule has 1 unspecified atom stereocenters. The first kappa shape index (κ1) is 33.4. The topological polar surface area (TPSA) is 87.7 Å². The molecule has 224 valence electrons. The summed E-state index contributed by atoms with van der Waals surface area (Å²) >= 11 is 0. The summed E-state index contributed by atoms with van der Waals surface area (Å²) in [5.41, 5.74) is 2.42. The van der Waals surface area contributed by atoms with E-state index in [4.69, 9.17) is 4.74 Å². The summed E-state index contributed by atoms with van der Waals surface area (Å²) < 4.78 is 5.56. The van der Waals surface area contributed by atoms with E-state index in [1.807, 2.05) is 38.1 Å². The van der Waals surface area contributed by atoms with Crippen LogP contribution in [0, 0.1) is 0 Å². The van der Waals surface area contributed by atoms with Gasteiger partial charge in [0.15, 0.2) is 0 Å². The Labute approximate surface area is 242 Å². The number of hydrogen-bond donors (Lipinski definition) is 2. The Morgan fingerprint density at radius 1 is 0.925 bits per heavy atom. The van der Waals surface area contributed by atoms with E-state index in [-0.39, 0.29) is 18.0 Å². The lowest BCUT2D eigenvalue weighted by Gasteiger charge is -2.35. The van der Waals surface area contributed by atoms with Gasteiger partial charge < -0.3 is 15.4 Å². The summed E-state index contributed by atoms with van der Waals surface area (Å²) in [6.07, 6.45) is 15.7. The minimum atomic E-state index is -0.653. The van der Waals surface area contributed by atoms with E-state index in [9.17, 15) is 14.4 Å². The quantitative estimate of drug-likeness (QED) is 0.132. The van der Waals surface area contributed by atoms with Crippen molar-refractivity contribution in [1.29, 1.82) is 0 Å². The van der Waals surface area contributed by atoms with Crippen molar-refractivity contribution in [3.05, 3.63) is 41.1 Å². The highest BCUT2D eigenvalue weighted by molar-refractivity contribution is 5.95. The fourth-order valence-electron chi connectivity index (χ4n) is 5.13. The molecule has 0 bridgehead atoms. The molecule has 1 heterocycles. The van der Waals surface area contributed by atoms with Crippen molar-refractivity contribution in [3.63, 3.8) is 0 Å². The van der Waals surface area contributed by atoms with Crippen molar-refractivity contribution in [2.45, 2.75) is 137 Å². The van der Waals surface area contributed by atoms with Crippen molar-refractivity contribution in [1.82, 2.24) is 10.2 Å². The molecule has 0 spiro atoms. The number of nitrogens with one attached hydrogen (secondary N) is 2. The maximum absolute atomic E-state index is 13.1. The van der Waals surface area contributed by atoms with Crippen molar-refractivity contribution in [2.75, 3.05) is 11.9 Å². The monoisotopic (exact) mass is 555 g/mol. The van der Waals surface area contributed by atoms with Gasteiger partial charge in [-0.05, 0) is 51.3 Å². The van der Waals surface area contributed by atoms with Gasteiger partial charge in [0.2, 0.25) is 5.91 Å². The normalized spacial score (nSPS) is 15.4. The van der Waals surface area contributed by atoms with E-state index in [1.165, 1.54) is 57.8 Å². The zero-order valence-corrected chi connectivity index (χ0v) is 25.7. The highest BCUT2D eigenvalue weighted by Crippen LogP contribution is 2.33. The second kappa shape index (κ2) is 18.5. The van der Waals surface area contributed by atoms with Crippen LogP contribution in [0.2, 0.25) is 0 Å². The summed E-state index contributed by atoms with van der Waals surface area (Å²) in [7, 11) is 0. The van der Waals surface area contributed by atoms with Crippen LogP contribution >= 0.6 is 0 Å². The molecule has 0 radical (unpaired) electrons. The van der Waals surface area contributed by atoms with Crippen molar-refractivity contribution in [2.24, 2.45) is 0 Å². The molecule has 1 aliphatic heterocycles. The summed E-state index contributed by atoms with van der Waals surface area (Å²) in [4.78, 5) is 40.4. The van der Waals surface area contributed by atoms with Crippen LogP contribution < -0.4 is 10.6 Å². The van der Waals surface area contributed by atoms with Gasteiger partial charge in [-0.25, -0.2) is 9.59 Å². The molecule has 40 heavy (non-hydrogen) atoms. The molecular weight excluding hydrogens is 502 g/mol. The average molecular weight is 556 g/mol. The lowest BCUT2D eigenvalue weighted by molar-refractivity contribution is -0.143. The van der Waals surface area contributed by atoms with Crippen LogP contribution in [0.1, 0.15) is 136 Å². The van der Waals surface area contributed by atoms with Gasteiger partial charge >= 0.3 is 12.0 Å². The first-order valence-electron chi connectivity index (χ1n) is 15.7. The lowest BCUT2D eigenvalue weighted by atomic mass is 9.94. The van der Waals surface area contributed by atoms with Gasteiger partial charge in [0, 0.05) is 24.4 Å². The fourth-order valence-corrected chi connectivity index (χ4v) is 5.13. The zero-order chi connectivity index (χ0) is 29.3. The number of anilines is 1. The molecule has 7 heteroatoms. The minimum absolute atomic E-state index is 0.0161. The number of benzene rings is 1. The van der Waals surface area contributed by atoms with Gasteiger partial charge in [0.05, 0.1) is 17.7 Å². The van der Waals surface area contributed by atoms with Crippen LogP contribution in [-0.2, 0) is 14.3 Å². The standard InChI is InChI=1S/C33H53N3O4/c1-6-8-10-11-12-13-14-15-16-17-18-22-29(37)34-28-21-19-20-27(24-28)31-30(32(38)40-25(3)4)26(5)36(23-9-7-2)33(39)35-31/h19-21,24-25,31H,6-18,22-23H2,1-5H3,(H,34,37)(H,35,39). The Kier molecular flexibility index (Phi) is 15.4. The number of unbranched alkanes of at least 4 members (excludes halogenated alkanes) is 11. The summed E-state index contributed by atoms with van der Waals surface area (Å²) in [6.45, 7) is 10.3. The van der Waals surface area contributed by atoms with Crippen LogP contribution in [0.3, 0.4) is 0 Å². The Morgan fingerprint density at radius 3 is 2.12 bits per heavy atom. The first-order chi connectivity index (χ1) is 19.3. The number of nitrogens with zero attached hydrogens (tertiary/aromatic N) is 1. The summed E-state index contributed by atoms with van der Waals surface area (Å²) in [5, 5.41) is 6.00. The highest BCUT2D eigenvalue weighted by atomic mass is 16.5. The lowest BCUT2D eigenvalue weighted by Crippen LogP contribution is -2.48. The molecule has 1 aromatic carbocycles. The van der Waals surface area contributed by atoms with Gasteiger partial charge in [-0.3, -0.25) is 9.69 Å². The van der Waals surface area contributed by atoms with E-state index in [1.54, 1.807) is 11.8 Å². The maximum Gasteiger partial charge on any atom is 0.338 e. The molecule has 0 saturated heterocycles. The average Bonchev–Trinajstić information content (AvgIpc) is 2.91. The third-order valence-electron chi connectivity index (χ3n) is 7.41. The predicted octanol–water partition coefficient (Wildman–Crippen LogP) is 8.42. The van der Waals surface area contributed by atoms with Gasteiger partial charge in [-0.2, -0.15) is 0 Å². The maximum atomic E-state index is 13.1. The Hall–Kier alpha value is -2.83. The van der Waals surface area contributed by atoms with Crippen LogP contribution in [0.25, 0.3) is 0 Å². The molecule has 2 N–H and O–H groups in total.